The number of carbonyl (C=O) groups excluding carboxylic acids is 2. The van der Waals surface area contributed by atoms with Gasteiger partial charge in [-0.25, -0.2) is 4.79 Å². The van der Waals surface area contributed by atoms with Gasteiger partial charge in [-0.2, -0.15) is 5.26 Å². The van der Waals surface area contributed by atoms with Gasteiger partial charge >= 0.3 is 5.97 Å². The van der Waals surface area contributed by atoms with Crippen molar-refractivity contribution in [3.05, 3.63) is 64.7 Å². The molecule has 2 rings (SSSR count). The van der Waals surface area contributed by atoms with Crippen LogP contribution in [0.4, 0.5) is 5.69 Å². The van der Waals surface area contributed by atoms with Crippen molar-refractivity contribution in [2.24, 2.45) is 0 Å². The summed E-state index contributed by atoms with van der Waals surface area (Å²) in [7, 11) is 1.26. The summed E-state index contributed by atoms with van der Waals surface area (Å²) in [6.07, 6.45) is 1.39. The van der Waals surface area contributed by atoms with Crippen molar-refractivity contribution in [1.29, 1.82) is 5.26 Å². The summed E-state index contributed by atoms with van der Waals surface area (Å²) in [5.74, 6) is -0.757. The van der Waals surface area contributed by atoms with E-state index in [0.717, 1.165) is 0 Å². The summed E-state index contributed by atoms with van der Waals surface area (Å²) >= 11 is 5.80. The van der Waals surface area contributed by atoms with Gasteiger partial charge in [0.05, 0.1) is 7.11 Å². The highest BCUT2D eigenvalue weighted by Gasteiger charge is 2.12. The van der Waals surface area contributed by atoms with Gasteiger partial charge in [-0.3, -0.25) is 4.79 Å². The fourth-order valence-electron chi connectivity index (χ4n) is 1.96. The number of hydrogen-bond donors (Lipinski definition) is 1. The summed E-state index contributed by atoms with van der Waals surface area (Å²) in [4.78, 5) is 23.5. The number of rotatable bonds is 6. The first kappa shape index (κ1) is 19.0. The van der Waals surface area contributed by atoms with Crippen LogP contribution in [0, 0.1) is 11.3 Å². The zero-order valence-electron chi connectivity index (χ0n) is 13.9. The summed E-state index contributed by atoms with van der Waals surface area (Å²) in [5, 5.41) is 12.5. The number of amides is 1. The van der Waals surface area contributed by atoms with Gasteiger partial charge < -0.3 is 14.8 Å². The van der Waals surface area contributed by atoms with Crippen LogP contribution in [0.1, 0.15) is 5.56 Å². The molecule has 0 spiro atoms. The molecule has 0 aromatic heterocycles. The largest absolute Gasteiger partial charge is 0.481 e. The third kappa shape index (κ3) is 5.36. The number of ether oxygens (including phenoxy) is 2. The van der Waals surface area contributed by atoms with E-state index in [-0.39, 0.29) is 12.2 Å². The topological polar surface area (TPSA) is 88.4 Å². The molecule has 1 amide bonds. The molecule has 0 atom stereocenters. The van der Waals surface area contributed by atoms with Gasteiger partial charge in [-0.05, 0) is 36.4 Å². The fraction of sp³-hybridized carbons (Fsp3) is 0.105. The maximum absolute atomic E-state index is 12.3. The van der Waals surface area contributed by atoms with Crippen LogP contribution < -0.4 is 10.1 Å². The Bertz CT molecular complexity index is 870. The van der Waals surface area contributed by atoms with E-state index in [1.807, 2.05) is 6.07 Å². The van der Waals surface area contributed by atoms with Crippen LogP contribution in [0.2, 0.25) is 5.02 Å². The average Bonchev–Trinajstić information content (AvgIpc) is 2.66. The zero-order chi connectivity index (χ0) is 18.9. The van der Waals surface area contributed by atoms with Gasteiger partial charge in [0.25, 0.3) is 5.91 Å². The lowest BCUT2D eigenvalue weighted by Gasteiger charge is -2.09. The summed E-state index contributed by atoms with van der Waals surface area (Å²) in [5.41, 5.74) is 0.879. The zero-order valence-corrected chi connectivity index (χ0v) is 14.6. The molecular formula is C19H15ClN2O4. The number of nitrogens with one attached hydrogen (secondary N) is 1. The van der Waals surface area contributed by atoms with Gasteiger partial charge in [0.1, 0.15) is 17.4 Å². The predicted octanol–water partition coefficient (Wildman–Crippen LogP) is 3.44. The lowest BCUT2D eigenvalue weighted by Crippen LogP contribution is -2.14. The number of anilines is 1. The molecule has 0 heterocycles. The lowest BCUT2D eigenvalue weighted by atomic mass is 10.1. The number of esters is 1. The molecule has 0 bridgehead atoms. The molecule has 2 aromatic carbocycles. The maximum atomic E-state index is 12.3. The van der Waals surface area contributed by atoms with E-state index in [9.17, 15) is 14.9 Å². The average molecular weight is 371 g/mol. The molecular weight excluding hydrogens is 356 g/mol. The van der Waals surface area contributed by atoms with Crippen LogP contribution in [-0.2, 0) is 14.3 Å². The number of nitrogens with zero attached hydrogens (tertiary/aromatic N) is 1. The lowest BCUT2D eigenvalue weighted by molar-refractivity contribution is -0.142. The molecule has 0 aliphatic rings. The number of nitriles is 1. The third-order valence-electron chi connectivity index (χ3n) is 3.26. The number of carbonyl (C=O) groups is 2. The van der Waals surface area contributed by atoms with E-state index >= 15 is 0 Å². The monoisotopic (exact) mass is 370 g/mol. The maximum Gasteiger partial charge on any atom is 0.343 e. The highest BCUT2D eigenvalue weighted by molar-refractivity contribution is 6.30. The van der Waals surface area contributed by atoms with Crippen LogP contribution in [0.3, 0.4) is 0 Å². The second-order valence-corrected chi connectivity index (χ2v) is 5.47. The molecule has 0 saturated heterocycles. The van der Waals surface area contributed by atoms with E-state index in [1.165, 1.54) is 13.2 Å². The minimum atomic E-state index is -0.572. The Balaban J connectivity index is 2.20. The second-order valence-electron chi connectivity index (χ2n) is 5.03. The molecule has 6 nitrogen and oxygen atoms in total. The van der Waals surface area contributed by atoms with Crippen molar-refractivity contribution in [1.82, 2.24) is 0 Å². The predicted molar refractivity (Wildman–Crippen MR) is 97.6 cm³/mol. The first-order chi connectivity index (χ1) is 12.5. The highest BCUT2D eigenvalue weighted by atomic mass is 35.5. The molecule has 0 aliphatic heterocycles. The molecule has 0 radical (unpaired) electrons. The number of hydrogen-bond acceptors (Lipinski definition) is 5. The van der Waals surface area contributed by atoms with Crippen molar-refractivity contribution >= 4 is 35.2 Å². The first-order valence-corrected chi connectivity index (χ1v) is 7.88. The highest BCUT2D eigenvalue weighted by Crippen LogP contribution is 2.22. The summed E-state index contributed by atoms with van der Waals surface area (Å²) in [6, 6.07) is 15.1. The SMILES string of the molecule is COC(=O)COc1ccccc1/C=C(\C#N)C(=O)Nc1ccc(Cl)cc1. The van der Waals surface area contributed by atoms with Gasteiger partial charge in [-0.15, -0.1) is 0 Å². The molecule has 0 fully saturated rings. The Morgan fingerprint density at radius 3 is 2.54 bits per heavy atom. The van der Waals surface area contributed by atoms with Crippen LogP contribution >= 0.6 is 11.6 Å². The molecule has 2 aromatic rings. The van der Waals surface area contributed by atoms with Crippen molar-refractivity contribution in [2.75, 3.05) is 19.0 Å². The number of methoxy groups -OCH3 is 1. The molecule has 1 N–H and O–H groups in total. The Morgan fingerprint density at radius 1 is 1.19 bits per heavy atom. The Morgan fingerprint density at radius 2 is 1.88 bits per heavy atom. The van der Waals surface area contributed by atoms with Gasteiger partial charge in [0.2, 0.25) is 0 Å². The van der Waals surface area contributed by atoms with E-state index in [2.05, 4.69) is 10.1 Å². The number of benzene rings is 2. The Labute approximate surface area is 155 Å². The van der Waals surface area contributed by atoms with Gasteiger partial charge in [0, 0.05) is 16.3 Å². The van der Waals surface area contributed by atoms with Crippen LogP contribution in [0.25, 0.3) is 6.08 Å². The van der Waals surface area contributed by atoms with Crippen LogP contribution in [0.15, 0.2) is 54.1 Å². The van der Waals surface area contributed by atoms with Crippen LogP contribution in [-0.4, -0.2) is 25.6 Å². The van der Waals surface area contributed by atoms with Crippen LogP contribution in [0.5, 0.6) is 5.75 Å². The fourth-order valence-corrected chi connectivity index (χ4v) is 2.09. The van der Waals surface area contributed by atoms with E-state index < -0.39 is 11.9 Å². The first-order valence-electron chi connectivity index (χ1n) is 7.51. The van der Waals surface area contributed by atoms with E-state index in [0.29, 0.717) is 22.0 Å². The molecule has 0 aliphatic carbocycles. The van der Waals surface area contributed by atoms with Crippen molar-refractivity contribution in [3.63, 3.8) is 0 Å². The van der Waals surface area contributed by atoms with Crippen molar-refractivity contribution in [2.45, 2.75) is 0 Å². The molecule has 26 heavy (non-hydrogen) atoms. The normalized spacial score (nSPS) is 10.6. The van der Waals surface area contributed by atoms with Gasteiger partial charge in [-0.1, -0.05) is 29.8 Å². The standard InChI is InChI=1S/C19H15ClN2O4/c1-25-18(23)12-26-17-5-3-2-4-13(17)10-14(11-21)19(24)22-16-8-6-15(20)7-9-16/h2-10H,12H2,1H3,(H,22,24)/b14-10+. The molecule has 7 heteroatoms. The smallest absolute Gasteiger partial charge is 0.343 e. The number of para-hydroxylation sites is 1. The third-order valence-corrected chi connectivity index (χ3v) is 3.51. The summed E-state index contributed by atoms with van der Waals surface area (Å²) < 4.78 is 9.89. The van der Waals surface area contributed by atoms with Crippen molar-refractivity contribution < 1.29 is 19.1 Å². The second kappa shape index (κ2) is 9.25. The van der Waals surface area contributed by atoms with E-state index in [4.69, 9.17) is 16.3 Å². The minimum Gasteiger partial charge on any atom is -0.481 e. The number of halogens is 1. The quantitative estimate of drug-likeness (QED) is 0.478. The molecule has 132 valence electrons. The van der Waals surface area contributed by atoms with Crippen molar-refractivity contribution in [3.8, 4) is 11.8 Å². The minimum absolute atomic E-state index is 0.117. The molecule has 0 unspecified atom stereocenters. The summed E-state index contributed by atoms with van der Waals surface area (Å²) in [6.45, 7) is -0.278. The molecule has 0 saturated carbocycles. The van der Waals surface area contributed by atoms with E-state index in [1.54, 1.807) is 48.5 Å². The Hall–Kier alpha value is -3.30. The van der Waals surface area contributed by atoms with Gasteiger partial charge in [0.15, 0.2) is 6.61 Å². The Kier molecular flexibility index (Phi) is 6.77.